The van der Waals surface area contributed by atoms with Gasteiger partial charge in [-0.05, 0) is 43.5 Å². The average Bonchev–Trinajstić information content (AvgIpc) is 2.79. The molecule has 4 rings (SSSR count). The Hall–Kier alpha value is -4.12. The van der Waals surface area contributed by atoms with Crippen LogP contribution in [0.4, 0.5) is 11.4 Å². The van der Waals surface area contributed by atoms with Crippen molar-refractivity contribution in [1.29, 1.82) is 5.26 Å². The molecule has 8 heteroatoms. The molecular weight excluding hydrogens is 408 g/mol. The summed E-state index contributed by atoms with van der Waals surface area (Å²) in [6, 6.07) is 15.6. The Bertz CT molecular complexity index is 1190. The van der Waals surface area contributed by atoms with Gasteiger partial charge in [0, 0.05) is 29.8 Å². The second-order valence-electron chi connectivity index (χ2n) is 7.60. The van der Waals surface area contributed by atoms with Crippen LogP contribution < -0.4 is 15.4 Å². The van der Waals surface area contributed by atoms with Crippen molar-refractivity contribution in [1.82, 2.24) is 0 Å². The summed E-state index contributed by atoms with van der Waals surface area (Å²) >= 11 is 0. The van der Waals surface area contributed by atoms with Crippen LogP contribution in [0, 0.1) is 21.4 Å². The van der Waals surface area contributed by atoms with Gasteiger partial charge >= 0.3 is 0 Å². The Morgan fingerprint density at radius 1 is 1.25 bits per heavy atom. The van der Waals surface area contributed by atoms with Crippen LogP contribution in [0.3, 0.4) is 0 Å². The number of Topliss-reactive ketones (excluding diaryl/α,β-unsaturated/α-hetero) is 1. The molecule has 1 atom stereocenters. The van der Waals surface area contributed by atoms with E-state index in [0.29, 0.717) is 48.6 Å². The summed E-state index contributed by atoms with van der Waals surface area (Å²) in [5, 5.41) is 21.3. The van der Waals surface area contributed by atoms with E-state index in [1.54, 1.807) is 17.0 Å². The Morgan fingerprint density at radius 2 is 2.00 bits per heavy atom. The lowest BCUT2D eigenvalue weighted by atomic mass is 9.75. The van der Waals surface area contributed by atoms with E-state index in [4.69, 9.17) is 10.5 Å². The highest BCUT2D eigenvalue weighted by molar-refractivity contribution is 6.01. The highest BCUT2D eigenvalue weighted by atomic mass is 16.6. The van der Waals surface area contributed by atoms with Crippen LogP contribution in [-0.4, -0.2) is 17.3 Å². The number of hydrogen-bond donors (Lipinski definition) is 1. The summed E-state index contributed by atoms with van der Waals surface area (Å²) in [4.78, 5) is 25.6. The number of nitriles is 1. The number of nitro groups is 1. The molecule has 1 heterocycles. The number of non-ortho nitro benzene ring substituents is 1. The molecule has 0 bridgehead atoms. The van der Waals surface area contributed by atoms with Crippen LogP contribution in [0.25, 0.3) is 0 Å². The summed E-state index contributed by atoms with van der Waals surface area (Å²) < 4.78 is 5.51. The molecule has 0 fully saturated rings. The van der Waals surface area contributed by atoms with Crippen molar-refractivity contribution < 1.29 is 14.5 Å². The lowest BCUT2D eigenvalue weighted by Gasteiger charge is -2.39. The molecule has 162 valence electrons. The van der Waals surface area contributed by atoms with Crippen LogP contribution in [0.5, 0.6) is 5.75 Å². The number of nitrogens with two attached hydrogens (primary N) is 1. The van der Waals surface area contributed by atoms with Gasteiger partial charge in [0.15, 0.2) is 5.78 Å². The molecule has 2 aromatic rings. The zero-order valence-electron chi connectivity index (χ0n) is 17.6. The van der Waals surface area contributed by atoms with Crippen molar-refractivity contribution in [3.8, 4) is 11.8 Å². The molecule has 0 saturated heterocycles. The first-order valence-corrected chi connectivity index (χ1v) is 10.4. The average molecular weight is 430 g/mol. The van der Waals surface area contributed by atoms with Crippen molar-refractivity contribution >= 4 is 17.2 Å². The molecule has 1 aliphatic carbocycles. The maximum absolute atomic E-state index is 13.1. The second-order valence-corrected chi connectivity index (χ2v) is 7.60. The lowest BCUT2D eigenvalue weighted by Crippen LogP contribution is -2.38. The number of ether oxygens (including phenoxy) is 1. The first-order chi connectivity index (χ1) is 15.5. The molecule has 0 unspecified atom stereocenters. The van der Waals surface area contributed by atoms with E-state index in [-0.39, 0.29) is 22.9 Å². The molecular formula is C24H22N4O4. The number of nitrogens with zero attached hydrogens (tertiary/aromatic N) is 3. The Balaban J connectivity index is 1.90. The highest BCUT2D eigenvalue weighted by Gasteiger charge is 2.40. The third-order valence-corrected chi connectivity index (χ3v) is 5.74. The standard InChI is InChI=1S/C24H22N4O4/c1-2-32-18-11-9-15(10-12-18)22-19(14-25)24(26)27(20-7-4-8-21(29)23(20)22)16-5-3-6-17(13-16)28(30)31/h3,5-6,9-13,22H,2,4,7-8,26H2,1H3/t22-/m0/s1. The van der Waals surface area contributed by atoms with Crippen LogP contribution in [0.15, 0.2) is 71.2 Å². The van der Waals surface area contributed by atoms with Gasteiger partial charge in [-0.2, -0.15) is 5.26 Å². The Kier molecular flexibility index (Phi) is 5.65. The number of rotatable bonds is 5. The number of allylic oxidation sites excluding steroid dienone is 3. The number of benzene rings is 2. The van der Waals surface area contributed by atoms with Gasteiger partial charge in [0.25, 0.3) is 5.69 Å². The number of ketones is 1. The molecule has 2 aromatic carbocycles. The molecule has 0 aromatic heterocycles. The number of nitro benzene ring substituents is 1. The topological polar surface area (TPSA) is 122 Å². The highest BCUT2D eigenvalue weighted by Crippen LogP contribution is 2.46. The number of anilines is 1. The number of carbonyl (C=O) groups is 1. The first kappa shape index (κ1) is 21.1. The van der Waals surface area contributed by atoms with Crippen molar-refractivity contribution in [3.63, 3.8) is 0 Å². The summed E-state index contributed by atoms with van der Waals surface area (Å²) in [6.07, 6.45) is 1.61. The van der Waals surface area contributed by atoms with Gasteiger partial charge < -0.3 is 10.5 Å². The normalized spacial score (nSPS) is 18.3. The maximum Gasteiger partial charge on any atom is 0.271 e. The molecule has 0 spiro atoms. The predicted molar refractivity (Wildman–Crippen MR) is 119 cm³/mol. The zero-order chi connectivity index (χ0) is 22.8. The molecule has 0 saturated carbocycles. The van der Waals surface area contributed by atoms with Gasteiger partial charge in [0.05, 0.1) is 34.8 Å². The minimum absolute atomic E-state index is 0.0409. The van der Waals surface area contributed by atoms with Crippen LogP contribution in [-0.2, 0) is 4.79 Å². The van der Waals surface area contributed by atoms with Crippen LogP contribution in [0.1, 0.15) is 37.7 Å². The largest absolute Gasteiger partial charge is 0.494 e. The molecule has 8 nitrogen and oxygen atoms in total. The van der Waals surface area contributed by atoms with Crippen molar-refractivity contribution in [2.24, 2.45) is 5.73 Å². The summed E-state index contributed by atoms with van der Waals surface area (Å²) in [5.41, 5.74) is 9.09. The minimum atomic E-state index is -0.589. The van der Waals surface area contributed by atoms with E-state index < -0.39 is 10.8 Å². The summed E-state index contributed by atoms with van der Waals surface area (Å²) in [6.45, 7) is 2.43. The fourth-order valence-corrected chi connectivity index (χ4v) is 4.38. The fourth-order valence-electron chi connectivity index (χ4n) is 4.38. The quantitative estimate of drug-likeness (QED) is 0.554. The fraction of sp³-hybridized carbons (Fsp3) is 0.250. The minimum Gasteiger partial charge on any atom is -0.494 e. The van der Waals surface area contributed by atoms with Gasteiger partial charge in [-0.15, -0.1) is 0 Å². The third kappa shape index (κ3) is 3.58. The van der Waals surface area contributed by atoms with Gasteiger partial charge in [0.1, 0.15) is 11.6 Å². The summed E-state index contributed by atoms with van der Waals surface area (Å²) in [5.74, 6) is 0.250. The molecule has 1 aliphatic heterocycles. The van der Waals surface area contributed by atoms with E-state index in [1.807, 2.05) is 31.2 Å². The summed E-state index contributed by atoms with van der Waals surface area (Å²) in [7, 11) is 0. The monoisotopic (exact) mass is 430 g/mol. The van der Waals surface area contributed by atoms with Gasteiger partial charge in [-0.3, -0.25) is 19.8 Å². The Labute approximate surface area is 185 Å². The lowest BCUT2D eigenvalue weighted by molar-refractivity contribution is -0.384. The van der Waals surface area contributed by atoms with Crippen LogP contribution >= 0.6 is 0 Å². The Morgan fingerprint density at radius 3 is 2.66 bits per heavy atom. The van der Waals surface area contributed by atoms with E-state index in [1.165, 1.54) is 12.1 Å². The first-order valence-electron chi connectivity index (χ1n) is 10.4. The molecule has 0 amide bonds. The zero-order valence-corrected chi connectivity index (χ0v) is 17.6. The van der Waals surface area contributed by atoms with Gasteiger partial charge in [-0.25, -0.2) is 0 Å². The molecule has 32 heavy (non-hydrogen) atoms. The number of carbonyl (C=O) groups excluding carboxylic acids is 1. The third-order valence-electron chi connectivity index (χ3n) is 5.74. The molecule has 2 aliphatic rings. The molecule has 2 N–H and O–H groups in total. The second kappa shape index (κ2) is 8.55. The van der Waals surface area contributed by atoms with E-state index in [0.717, 1.165) is 5.56 Å². The van der Waals surface area contributed by atoms with Crippen molar-refractivity contribution in [2.75, 3.05) is 11.5 Å². The van der Waals surface area contributed by atoms with Crippen molar-refractivity contribution in [3.05, 3.63) is 86.9 Å². The molecule has 0 radical (unpaired) electrons. The van der Waals surface area contributed by atoms with Gasteiger partial charge in [0.2, 0.25) is 0 Å². The predicted octanol–water partition coefficient (Wildman–Crippen LogP) is 4.30. The van der Waals surface area contributed by atoms with E-state index >= 15 is 0 Å². The van der Waals surface area contributed by atoms with E-state index in [2.05, 4.69) is 6.07 Å². The smallest absolute Gasteiger partial charge is 0.271 e. The van der Waals surface area contributed by atoms with E-state index in [9.17, 15) is 20.2 Å². The van der Waals surface area contributed by atoms with Gasteiger partial charge in [-0.1, -0.05) is 18.2 Å². The maximum atomic E-state index is 13.1. The van der Waals surface area contributed by atoms with Crippen molar-refractivity contribution in [2.45, 2.75) is 32.1 Å². The van der Waals surface area contributed by atoms with Crippen LogP contribution in [0.2, 0.25) is 0 Å². The number of hydrogen-bond acceptors (Lipinski definition) is 7. The SMILES string of the molecule is CCOc1ccc([C@H]2C(C#N)=C(N)N(c3cccc([N+](=O)[O-])c3)C3=C2C(=O)CCC3)cc1.